The molecule has 3 rings (SSSR count). The molecule has 178 valence electrons. The van der Waals surface area contributed by atoms with E-state index in [0.717, 1.165) is 16.7 Å². The number of ketones is 1. The molecule has 0 fully saturated rings. The summed E-state index contributed by atoms with van der Waals surface area (Å²) in [6.07, 6.45) is -0.364. The number of nitrogens with one attached hydrogen (secondary N) is 2. The van der Waals surface area contributed by atoms with Crippen LogP contribution in [0.2, 0.25) is 5.02 Å². The van der Waals surface area contributed by atoms with E-state index in [1.54, 1.807) is 38.1 Å². The van der Waals surface area contributed by atoms with Crippen LogP contribution in [0.5, 0.6) is 0 Å². The first-order valence-corrected chi connectivity index (χ1v) is 12.6. The van der Waals surface area contributed by atoms with Crippen LogP contribution in [0.3, 0.4) is 0 Å². The quantitative estimate of drug-likeness (QED) is 0.313. The van der Waals surface area contributed by atoms with E-state index in [9.17, 15) is 18.0 Å². The Hall–Kier alpha value is -3.16. The highest BCUT2D eigenvalue weighted by molar-refractivity contribution is 7.92. The predicted octanol–water partition coefficient (Wildman–Crippen LogP) is 5.89. The molecule has 0 aliphatic heterocycles. The van der Waals surface area contributed by atoms with Gasteiger partial charge in [-0.05, 0) is 98.8 Å². The number of amides is 1. The zero-order valence-corrected chi connectivity index (χ0v) is 21.3. The smallest absolute Gasteiger partial charge is 0.262 e. The summed E-state index contributed by atoms with van der Waals surface area (Å²) in [4.78, 5) is 25.0. The largest absolute Gasteiger partial charge is 0.324 e. The van der Waals surface area contributed by atoms with Crippen molar-refractivity contribution in [3.63, 3.8) is 0 Å². The van der Waals surface area contributed by atoms with E-state index in [0.29, 0.717) is 33.1 Å². The Balaban J connectivity index is 1.74. The average molecular weight is 499 g/mol. The van der Waals surface area contributed by atoms with Crippen LogP contribution < -0.4 is 10.0 Å². The lowest BCUT2D eigenvalue weighted by Gasteiger charge is -2.19. The minimum absolute atomic E-state index is 0.268. The third-order valence-electron chi connectivity index (χ3n) is 6.13. The van der Waals surface area contributed by atoms with E-state index in [2.05, 4.69) is 10.0 Å². The number of para-hydroxylation sites is 1. The fourth-order valence-electron chi connectivity index (χ4n) is 3.80. The summed E-state index contributed by atoms with van der Waals surface area (Å²) in [5, 5.41) is 2.99. The number of benzene rings is 3. The van der Waals surface area contributed by atoms with Crippen LogP contribution >= 0.6 is 11.6 Å². The lowest BCUT2D eigenvalue weighted by Crippen LogP contribution is -2.18. The van der Waals surface area contributed by atoms with Crippen molar-refractivity contribution < 1.29 is 18.0 Å². The van der Waals surface area contributed by atoms with Gasteiger partial charge in [-0.25, -0.2) is 8.42 Å². The lowest BCUT2D eigenvalue weighted by atomic mass is 9.95. The van der Waals surface area contributed by atoms with Crippen LogP contribution in [0.1, 0.15) is 44.6 Å². The van der Waals surface area contributed by atoms with Crippen molar-refractivity contribution >= 4 is 44.7 Å². The van der Waals surface area contributed by atoms with Crippen molar-refractivity contribution in [2.75, 3.05) is 10.0 Å². The minimum Gasteiger partial charge on any atom is -0.324 e. The molecule has 1 amide bonds. The zero-order chi connectivity index (χ0) is 25.2. The van der Waals surface area contributed by atoms with Crippen molar-refractivity contribution in [2.24, 2.45) is 0 Å². The highest BCUT2D eigenvalue weighted by Gasteiger charge is 2.24. The maximum atomic E-state index is 13.2. The van der Waals surface area contributed by atoms with Gasteiger partial charge < -0.3 is 5.32 Å². The van der Waals surface area contributed by atoms with Crippen molar-refractivity contribution in [2.45, 2.75) is 45.9 Å². The third kappa shape index (κ3) is 5.32. The van der Waals surface area contributed by atoms with Crippen LogP contribution in [-0.4, -0.2) is 20.1 Å². The molecule has 3 aromatic carbocycles. The fraction of sp³-hybridized carbons (Fsp3) is 0.231. The van der Waals surface area contributed by atoms with Crippen molar-refractivity contribution in [1.29, 1.82) is 0 Å². The number of halogens is 1. The van der Waals surface area contributed by atoms with Crippen LogP contribution in [0, 0.1) is 34.6 Å². The van der Waals surface area contributed by atoms with E-state index >= 15 is 0 Å². The number of rotatable bonds is 7. The molecule has 0 unspecified atom stereocenters. The number of carbonyl (C=O) groups excluding carboxylic acids is 2. The second-order valence-corrected chi connectivity index (χ2v) is 10.3. The Kier molecular flexibility index (Phi) is 7.48. The van der Waals surface area contributed by atoms with Gasteiger partial charge in [-0.1, -0.05) is 23.7 Å². The Morgan fingerprint density at radius 3 is 1.88 bits per heavy atom. The lowest BCUT2D eigenvalue weighted by molar-refractivity contribution is -0.115. The summed E-state index contributed by atoms with van der Waals surface area (Å²) in [6, 6.07) is 12.8. The van der Waals surface area contributed by atoms with Gasteiger partial charge in [-0.2, -0.15) is 0 Å². The molecule has 0 bridgehead atoms. The number of carbonyl (C=O) groups is 2. The maximum Gasteiger partial charge on any atom is 0.262 e. The first-order valence-electron chi connectivity index (χ1n) is 10.7. The Bertz CT molecular complexity index is 1350. The van der Waals surface area contributed by atoms with Crippen LogP contribution in [0.15, 0.2) is 53.4 Å². The number of anilines is 2. The fourth-order valence-corrected chi connectivity index (χ4v) is 5.65. The van der Waals surface area contributed by atoms with Gasteiger partial charge in [0.25, 0.3) is 10.0 Å². The molecule has 0 aromatic heterocycles. The molecule has 8 heteroatoms. The first kappa shape index (κ1) is 25.5. The second-order valence-electron chi connectivity index (χ2n) is 8.26. The molecule has 0 saturated heterocycles. The molecule has 34 heavy (non-hydrogen) atoms. The van der Waals surface area contributed by atoms with Crippen LogP contribution in [-0.2, 0) is 14.8 Å². The summed E-state index contributed by atoms with van der Waals surface area (Å²) < 4.78 is 29.0. The highest BCUT2D eigenvalue weighted by Crippen LogP contribution is 2.31. The molecule has 0 radical (unpaired) electrons. The number of hydrogen-bond acceptors (Lipinski definition) is 4. The van der Waals surface area contributed by atoms with Gasteiger partial charge in [-0.3, -0.25) is 14.3 Å². The molecule has 0 spiro atoms. The van der Waals surface area contributed by atoms with Gasteiger partial charge in [-0.15, -0.1) is 0 Å². The third-order valence-corrected chi connectivity index (χ3v) is 8.11. The molecule has 0 atom stereocenters. The molecule has 2 N–H and O–H groups in total. The number of sulfonamides is 1. The second kappa shape index (κ2) is 9.99. The Morgan fingerprint density at radius 2 is 1.32 bits per heavy atom. The highest BCUT2D eigenvalue weighted by atomic mass is 35.5. The van der Waals surface area contributed by atoms with Crippen molar-refractivity contribution in [3.8, 4) is 0 Å². The Morgan fingerprint density at radius 1 is 0.794 bits per heavy atom. The summed E-state index contributed by atoms with van der Waals surface area (Å²) in [6.45, 7) is 9.42. The standard InChI is InChI=1S/C26H27ClN2O4S/c1-15-16(2)18(4)26(19(5)17(15)3)34(32,33)29-21-12-10-20(11-13-21)24(30)14-25(31)28-23-9-7-6-8-22(23)27/h6-13,29H,14H2,1-5H3,(H,28,31). The normalized spacial score (nSPS) is 11.2. The molecule has 0 saturated carbocycles. The van der Waals surface area contributed by atoms with Crippen molar-refractivity contribution in [3.05, 3.63) is 86.9 Å². The zero-order valence-electron chi connectivity index (χ0n) is 19.7. The van der Waals surface area contributed by atoms with Gasteiger partial charge in [0.15, 0.2) is 5.78 Å². The van der Waals surface area contributed by atoms with Gasteiger partial charge >= 0.3 is 0 Å². The van der Waals surface area contributed by atoms with E-state index in [4.69, 9.17) is 11.6 Å². The van der Waals surface area contributed by atoms with Crippen LogP contribution in [0.4, 0.5) is 11.4 Å². The van der Waals surface area contributed by atoms with Crippen LogP contribution in [0.25, 0.3) is 0 Å². The SMILES string of the molecule is Cc1c(C)c(C)c(S(=O)(=O)Nc2ccc(C(=O)CC(=O)Nc3ccccc3Cl)cc2)c(C)c1C. The summed E-state index contributed by atoms with van der Waals surface area (Å²) in [5.41, 5.74) is 5.44. The van der Waals surface area contributed by atoms with Gasteiger partial charge in [0.2, 0.25) is 5.91 Å². The van der Waals surface area contributed by atoms with Gasteiger partial charge in [0.1, 0.15) is 0 Å². The molecule has 0 aliphatic rings. The first-order chi connectivity index (χ1) is 15.9. The topological polar surface area (TPSA) is 92.3 Å². The summed E-state index contributed by atoms with van der Waals surface area (Å²) in [5.74, 6) is -0.880. The number of hydrogen-bond donors (Lipinski definition) is 2. The predicted molar refractivity (Wildman–Crippen MR) is 136 cm³/mol. The number of Topliss-reactive ketones (excluding diaryl/α,β-unsaturated/α-hetero) is 1. The summed E-state index contributed by atoms with van der Waals surface area (Å²) in [7, 11) is -3.84. The van der Waals surface area contributed by atoms with E-state index in [1.807, 2.05) is 20.8 Å². The monoisotopic (exact) mass is 498 g/mol. The molecule has 6 nitrogen and oxygen atoms in total. The maximum absolute atomic E-state index is 13.2. The summed E-state index contributed by atoms with van der Waals surface area (Å²) >= 11 is 6.02. The Labute approximate surface area is 205 Å². The molecule has 0 heterocycles. The van der Waals surface area contributed by atoms with E-state index in [-0.39, 0.29) is 11.3 Å². The molecular formula is C26H27ClN2O4S. The van der Waals surface area contributed by atoms with Gasteiger partial charge in [0, 0.05) is 11.3 Å². The average Bonchev–Trinajstić information content (AvgIpc) is 2.78. The van der Waals surface area contributed by atoms with E-state index in [1.165, 1.54) is 24.3 Å². The minimum atomic E-state index is -3.84. The molecule has 3 aromatic rings. The van der Waals surface area contributed by atoms with Gasteiger partial charge in [0.05, 0.1) is 22.0 Å². The van der Waals surface area contributed by atoms with Crippen molar-refractivity contribution in [1.82, 2.24) is 0 Å². The van der Waals surface area contributed by atoms with E-state index < -0.39 is 21.7 Å². The molecular weight excluding hydrogens is 472 g/mol. The molecule has 0 aliphatic carbocycles.